The molecule has 0 saturated carbocycles. The molecule has 1 heterocycles. The summed E-state index contributed by atoms with van der Waals surface area (Å²) in [6.07, 6.45) is 1.47. The summed E-state index contributed by atoms with van der Waals surface area (Å²) >= 11 is 0. The molecule has 0 aromatic heterocycles. The summed E-state index contributed by atoms with van der Waals surface area (Å²) in [6.45, 7) is 1.07. The molecule has 0 radical (unpaired) electrons. The standard InChI is InChI=1S/C13H17NO3S/c15-11-14(8-12-4-2-1-3-5-12)9-13-6-7-18(16,17)10-13/h1-5,11,13H,6-10H2/t13-/m0/s1. The van der Waals surface area contributed by atoms with Crippen LogP contribution in [0.15, 0.2) is 30.3 Å². The zero-order valence-electron chi connectivity index (χ0n) is 10.2. The molecule has 0 aliphatic carbocycles. The third-order valence-corrected chi connectivity index (χ3v) is 5.03. The van der Waals surface area contributed by atoms with E-state index in [1.54, 1.807) is 4.90 Å². The molecule has 0 spiro atoms. The smallest absolute Gasteiger partial charge is 0.210 e. The lowest BCUT2D eigenvalue weighted by Crippen LogP contribution is -2.28. The molecule has 1 amide bonds. The Bertz CT molecular complexity index is 498. The lowest BCUT2D eigenvalue weighted by molar-refractivity contribution is -0.119. The Balaban J connectivity index is 1.92. The Morgan fingerprint density at radius 2 is 2.00 bits per heavy atom. The SMILES string of the molecule is O=CN(Cc1ccccc1)C[C@@H]1CCS(=O)(=O)C1. The molecule has 1 aromatic rings. The van der Waals surface area contributed by atoms with Crippen LogP contribution < -0.4 is 0 Å². The molecule has 1 aliphatic rings. The number of carbonyl (C=O) groups is 1. The van der Waals surface area contributed by atoms with Crippen molar-refractivity contribution in [1.82, 2.24) is 4.90 Å². The van der Waals surface area contributed by atoms with Gasteiger partial charge in [0.1, 0.15) is 0 Å². The van der Waals surface area contributed by atoms with Gasteiger partial charge in [0.05, 0.1) is 11.5 Å². The van der Waals surface area contributed by atoms with Crippen LogP contribution >= 0.6 is 0 Å². The number of nitrogens with zero attached hydrogens (tertiary/aromatic N) is 1. The van der Waals surface area contributed by atoms with Crippen LogP contribution in [0.3, 0.4) is 0 Å². The number of benzene rings is 1. The molecular formula is C13H17NO3S. The highest BCUT2D eigenvalue weighted by molar-refractivity contribution is 7.91. The molecule has 1 atom stereocenters. The highest BCUT2D eigenvalue weighted by Crippen LogP contribution is 2.19. The summed E-state index contributed by atoms with van der Waals surface area (Å²) < 4.78 is 22.7. The summed E-state index contributed by atoms with van der Waals surface area (Å²) in [6, 6.07) is 9.71. The first kappa shape index (κ1) is 13.1. The first-order chi connectivity index (χ1) is 8.59. The Labute approximate surface area is 108 Å². The van der Waals surface area contributed by atoms with Crippen LogP contribution in [0.2, 0.25) is 0 Å². The highest BCUT2D eigenvalue weighted by Gasteiger charge is 2.28. The van der Waals surface area contributed by atoms with Gasteiger partial charge in [0.2, 0.25) is 6.41 Å². The van der Waals surface area contributed by atoms with Gasteiger partial charge in [0, 0.05) is 13.1 Å². The second kappa shape index (κ2) is 5.52. The molecule has 1 saturated heterocycles. The van der Waals surface area contributed by atoms with E-state index in [9.17, 15) is 13.2 Å². The minimum atomic E-state index is -2.86. The van der Waals surface area contributed by atoms with Gasteiger partial charge in [0.15, 0.2) is 9.84 Å². The lowest BCUT2D eigenvalue weighted by atomic mass is 10.1. The van der Waals surface area contributed by atoms with Crippen LogP contribution in [0, 0.1) is 5.92 Å². The molecule has 2 rings (SSSR count). The molecule has 0 bridgehead atoms. The second-order valence-electron chi connectivity index (χ2n) is 4.79. The molecule has 1 aromatic carbocycles. The van der Waals surface area contributed by atoms with E-state index < -0.39 is 9.84 Å². The largest absolute Gasteiger partial charge is 0.341 e. The van der Waals surface area contributed by atoms with Crippen molar-refractivity contribution in [3.63, 3.8) is 0 Å². The van der Waals surface area contributed by atoms with Gasteiger partial charge in [-0.2, -0.15) is 0 Å². The maximum Gasteiger partial charge on any atom is 0.210 e. The highest BCUT2D eigenvalue weighted by atomic mass is 32.2. The Hall–Kier alpha value is -1.36. The molecule has 1 fully saturated rings. The fraction of sp³-hybridized carbons (Fsp3) is 0.462. The molecule has 4 nitrogen and oxygen atoms in total. The number of rotatable bonds is 5. The molecule has 0 N–H and O–H groups in total. The third-order valence-electron chi connectivity index (χ3n) is 3.20. The van der Waals surface area contributed by atoms with Crippen LogP contribution in [0.4, 0.5) is 0 Å². The number of carbonyl (C=O) groups excluding carboxylic acids is 1. The van der Waals surface area contributed by atoms with E-state index >= 15 is 0 Å². The maximum atomic E-state index is 11.4. The molecule has 18 heavy (non-hydrogen) atoms. The van der Waals surface area contributed by atoms with Crippen molar-refractivity contribution < 1.29 is 13.2 Å². The van der Waals surface area contributed by atoms with Crippen molar-refractivity contribution in [2.75, 3.05) is 18.1 Å². The van der Waals surface area contributed by atoms with E-state index in [1.807, 2.05) is 30.3 Å². The van der Waals surface area contributed by atoms with Crippen molar-refractivity contribution >= 4 is 16.2 Å². The van der Waals surface area contributed by atoms with Gasteiger partial charge in [-0.3, -0.25) is 4.79 Å². The summed E-state index contributed by atoms with van der Waals surface area (Å²) in [5, 5.41) is 0. The van der Waals surface area contributed by atoms with E-state index in [0.717, 1.165) is 12.0 Å². The first-order valence-electron chi connectivity index (χ1n) is 6.03. The Morgan fingerprint density at radius 1 is 1.28 bits per heavy atom. The second-order valence-corrected chi connectivity index (χ2v) is 7.02. The number of hydrogen-bond acceptors (Lipinski definition) is 3. The average Bonchev–Trinajstić information content (AvgIpc) is 2.69. The molecule has 0 unspecified atom stereocenters. The normalized spacial score (nSPS) is 21.7. The maximum absolute atomic E-state index is 11.4. The Morgan fingerprint density at radius 3 is 2.56 bits per heavy atom. The fourth-order valence-corrected chi connectivity index (χ4v) is 4.16. The third kappa shape index (κ3) is 3.57. The van der Waals surface area contributed by atoms with Crippen molar-refractivity contribution in [1.29, 1.82) is 0 Å². The van der Waals surface area contributed by atoms with E-state index in [-0.39, 0.29) is 17.4 Å². The van der Waals surface area contributed by atoms with Crippen molar-refractivity contribution in [3.05, 3.63) is 35.9 Å². The van der Waals surface area contributed by atoms with Crippen molar-refractivity contribution in [3.8, 4) is 0 Å². The molecule has 5 heteroatoms. The van der Waals surface area contributed by atoms with Crippen LogP contribution in [-0.2, 0) is 21.2 Å². The molecule has 98 valence electrons. The minimum Gasteiger partial charge on any atom is -0.341 e. The van der Waals surface area contributed by atoms with Gasteiger partial charge < -0.3 is 4.90 Å². The fourth-order valence-electron chi connectivity index (χ4n) is 2.31. The predicted octanol–water partition coefficient (Wildman–Crippen LogP) is 1.08. The first-order valence-corrected chi connectivity index (χ1v) is 7.85. The van der Waals surface area contributed by atoms with E-state index in [0.29, 0.717) is 19.5 Å². The van der Waals surface area contributed by atoms with Gasteiger partial charge >= 0.3 is 0 Å². The number of amides is 1. The van der Waals surface area contributed by atoms with E-state index in [2.05, 4.69) is 0 Å². The molecular weight excluding hydrogens is 250 g/mol. The summed E-state index contributed by atoms with van der Waals surface area (Å²) in [5.74, 6) is 0.561. The molecule has 1 aliphatic heterocycles. The van der Waals surface area contributed by atoms with Crippen LogP contribution in [-0.4, -0.2) is 37.8 Å². The van der Waals surface area contributed by atoms with Gasteiger partial charge in [-0.15, -0.1) is 0 Å². The summed E-state index contributed by atoms with van der Waals surface area (Å²) in [5.41, 5.74) is 1.06. The summed E-state index contributed by atoms with van der Waals surface area (Å²) in [4.78, 5) is 12.7. The van der Waals surface area contributed by atoms with Crippen molar-refractivity contribution in [2.24, 2.45) is 5.92 Å². The van der Waals surface area contributed by atoms with Crippen molar-refractivity contribution in [2.45, 2.75) is 13.0 Å². The average molecular weight is 267 g/mol. The number of hydrogen-bond donors (Lipinski definition) is 0. The minimum absolute atomic E-state index is 0.0870. The van der Waals surface area contributed by atoms with Crippen LogP contribution in [0.25, 0.3) is 0 Å². The summed E-state index contributed by atoms with van der Waals surface area (Å²) in [7, 11) is -2.86. The predicted molar refractivity (Wildman–Crippen MR) is 69.7 cm³/mol. The van der Waals surface area contributed by atoms with Gasteiger partial charge in [0.25, 0.3) is 0 Å². The quantitative estimate of drug-likeness (QED) is 0.750. The monoisotopic (exact) mass is 267 g/mol. The topological polar surface area (TPSA) is 54.5 Å². The van der Waals surface area contributed by atoms with E-state index in [4.69, 9.17) is 0 Å². The zero-order valence-corrected chi connectivity index (χ0v) is 11.0. The zero-order chi connectivity index (χ0) is 13.0. The van der Waals surface area contributed by atoms with E-state index in [1.165, 1.54) is 0 Å². The van der Waals surface area contributed by atoms with Crippen LogP contribution in [0.5, 0.6) is 0 Å². The number of sulfone groups is 1. The van der Waals surface area contributed by atoms with Gasteiger partial charge in [-0.05, 0) is 17.9 Å². The van der Waals surface area contributed by atoms with Gasteiger partial charge in [-0.1, -0.05) is 30.3 Å². The van der Waals surface area contributed by atoms with Crippen LogP contribution in [0.1, 0.15) is 12.0 Å². The Kier molecular flexibility index (Phi) is 4.01. The van der Waals surface area contributed by atoms with Gasteiger partial charge in [-0.25, -0.2) is 8.42 Å². The lowest BCUT2D eigenvalue weighted by Gasteiger charge is -2.20.